The van der Waals surface area contributed by atoms with Crippen molar-refractivity contribution in [3.8, 4) is 22.1 Å². The first-order valence-corrected chi connectivity index (χ1v) is 9.39. The van der Waals surface area contributed by atoms with E-state index in [1.807, 2.05) is 43.3 Å². The number of aryl methyl sites for hydroxylation is 3. The number of aromatic nitrogens is 1. The predicted molar refractivity (Wildman–Crippen MR) is 106 cm³/mol. The van der Waals surface area contributed by atoms with E-state index in [1.165, 1.54) is 16.9 Å². The van der Waals surface area contributed by atoms with Crippen LogP contribution in [-0.2, 0) is 0 Å². The van der Waals surface area contributed by atoms with Gasteiger partial charge in [-0.1, -0.05) is 29.8 Å². The highest BCUT2D eigenvalue weighted by molar-refractivity contribution is 7.17. The lowest BCUT2D eigenvalue weighted by Gasteiger charge is -2.11. The largest absolute Gasteiger partial charge is 0.490 e. The second-order valence-corrected chi connectivity index (χ2v) is 7.23. The van der Waals surface area contributed by atoms with Gasteiger partial charge in [-0.3, -0.25) is 0 Å². The van der Waals surface area contributed by atoms with Crippen molar-refractivity contribution in [3.05, 3.63) is 64.2 Å². The second-order valence-electron chi connectivity index (χ2n) is 6.23. The molecule has 0 spiro atoms. The van der Waals surface area contributed by atoms with E-state index >= 15 is 0 Å². The molecule has 6 heteroatoms. The van der Waals surface area contributed by atoms with E-state index in [-0.39, 0.29) is 4.88 Å². The van der Waals surface area contributed by atoms with E-state index in [0.717, 1.165) is 16.9 Å². The number of carboxylic acid groups (broad SMARTS) is 1. The Morgan fingerprint density at radius 3 is 2.56 bits per heavy atom. The van der Waals surface area contributed by atoms with Gasteiger partial charge >= 0.3 is 5.97 Å². The average molecular weight is 383 g/mol. The van der Waals surface area contributed by atoms with E-state index in [2.05, 4.69) is 18.0 Å². The normalized spacial score (nSPS) is 10.6. The minimum atomic E-state index is -0.952. The summed E-state index contributed by atoms with van der Waals surface area (Å²) in [5.41, 5.74) is 3.67. The monoisotopic (exact) mass is 383 g/mol. The van der Waals surface area contributed by atoms with E-state index in [4.69, 9.17) is 9.47 Å². The molecule has 0 saturated heterocycles. The molecule has 0 aliphatic heterocycles. The summed E-state index contributed by atoms with van der Waals surface area (Å²) < 4.78 is 11.5. The summed E-state index contributed by atoms with van der Waals surface area (Å²) in [5, 5.41) is 9.85. The Labute approximate surface area is 162 Å². The number of hydrogen-bond donors (Lipinski definition) is 1. The molecule has 0 radical (unpaired) electrons. The molecule has 3 rings (SSSR count). The summed E-state index contributed by atoms with van der Waals surface area (Å²) in [6.45, 7) is 6.63. The highest BCUT2D eigenvalue weighted by atomic mass is 32.1. The highest BCUT2D eigenvalue weighted by Gasteiger charge is 2.15. The van der Waals surface area contributed by atoms with Crippen molar-refractivity contribution in [1.82, 2.24) is 4.98 Å². The number of nitrogens with zero attached hydrogens (tertiary/aromatic N) is 1. The van der Waals surface area contributed by atoms with Crippen LogP contribution in [0.1, 0.15) is 26.5 Å². The van der Waals surface area contributed by atoms with Gasteiger partial charge in [0.1, 0.15) is 34.6 Å². The third-order valence-corrected chi connectivity index (χ3v) is 5.21. The standard InChI is InChI=1S/C21H21NO4S/c1-13-7-8-18(14(2)11-13)26-10-9-25-17-6-4-5-16(12-17)20-22-15(3)19(27-20)21(23)24/h4-8,11-12H,9-10H2,1-3H3,(H,23,24). The van der Waals surface area contributed by atoms with E-state index in [0.29, 0.717) is 29.7 Å². The molecular formula is C21H21NO4S. The fraction of sp³-hybridized carbons (Fsp3) is 0.238. The van der Waals surface area contributed by atoms with Gasteiger partial charge in [0.25, 0.3) is 0 Å². The number of hydrogen-bond acceptors (Lipinski definition) is 5. The number of rotatable bonds is 7. The molecule has 0 aliphatic carbocycles. The van der Waals surface area contributed by atoms with Crippen LogP contribution in [0.25, 0.3) is 10.6 Å². The van der Waals surface area contributed by atoms with Crippen LogP contribution in [0.5, 0.6) is 11.5 Å². The summed E-state index contributed by atoms with van der Waals surface area (Å²) in [6.07, 6.45) is 0. The van der Waals surface area contributed by atoms with Gasteiger partial charge in [0, 0.05) is 5.56 Å². The summed E-state index contributed by atoms with van der Waals surface area (Å²) in [7, 11) is 0. The zero-order valence-corrected chi connectivity index (χ0v) is 16.3. The lowest BCUT2D eigenvalue weighted by molar-refractivity contribution is 0.0701. The molecule has 0 unspecified atom stereocenters. The second kappa shape index (κ2) is 8.22. The van der Waals surface area contributed by atoms with E-state index < -0.39 is 5.97 Å². The topological polar surface area (TPSA) is 68.7 Å². The number of carbonyl (C=O) groups is 1. The molecule has 0 atom stereocenters. The number of ether oxygens (including phenoxy) is 2. The van der Waals surface area contributed by atoms with Crippen LogP contribution >= 0.6 is 11.3 Å². The maximum Gasteiger partial charge on any atom is 0.347 e. The quantitative estimate of drug-likeness (QED) is 0.588. The molecule has 0 bridgehead atoms. The molecule has 140 valence electrons. The smallest absolute Gasteiger partial charge is 0.347 e. The van der Waals surface area contributed by atoms with Crippen molar-refractivity contribution < 1.29 is 19.4 Å². The molecule has 0 amide bonds. The third-order valence-electron chi connectivity index (χ3n) is 4.01. The summed E-state index contributed by atoms with van der Waals surface area (Å²) in [4.78, 5) is 15.8. The Kier molecular flexibility index (Phi) is 5.76. The lowest BCUT2D eigenvalue weighted by Crippen LogP contribution is -2.09. The third kappa shape index (κ3) is 4.65. The first kappa shape index (κ1) is 18.9. The Hall–Kier alpha value is -2.86. The van der Waals surface area contributed by atoms with Gasteiger partial charge in [0.05, 0.1) is 5.69 Å². The molecular weight excluding hydrogens is 362 g/mol. The van der Waals surface area contributed by atoms with Crippen LogP contribution in [0.15, 0.2) is 42.5 Å². The summed E-state index contributed by atoms with van der Waals surface area (Å²) in [5.74, 6) is 0.603. The van der Waals surface area contributed by atoms with Gasteiger partial charge in [-0.05, 0) is 44.5 Å². The van der Waals surface area contributed by atoms with Crippen LogP contribution in [-0.4, -0.2) is 29.3 Å². The van der Waals surface area contributed by atoms with Crippen LogP contribution in [0.2, 0.25) is 0 Å². The molecule has 0 fully saturated rings. The Morgan fingerprint density at radius 2 is 1.85 bits per heavy atom. The van der Waals surface area contributed by atoms with Gasteiger partial charge in [0.15, 0.2) is 0 Å². The molecule has 0 aliphatic rings. The van der Waals surface area contributed by atoms with Gasteiger partial charge in [-0.15, -0.1) is 11.3 Å². The van der Waals surface area contributed by atoms with E-state index in [9.17, 15) is 9.90 Å². The van der Waals surface area contributed by atoms with Gasteiger partial charge in [0.2, 0.25) is 0 Å². The van der Waals surface area contributed by atoms with Crippen molar-refractivity contribution >= 4 is 17.3 Å². The van der Waals surface area contributed by atoms with Crippen molar-refractivity contribution in [2.24, 2.45) is 0 Å². The number of aromatic carboxylic acids is 1. The Balaban J connectivity index is 1.61. The van der Waals surface area contributed by atoms with Crippen molar-refractivity contribution in [3.63, 3.8) is 0 Å². The number of thiazole rings is 1. The first-order chi connectivity index (χ1) is 12.9. The van der Waals surface area contributed by atoms with Crippen molar-refractivity contribution in [1.29, 1.82) is 0 Å². The minimum absolute atomic E-state index is 0.262. The van der Waals surface area contributed by atoms with Crippen LogP contribution in [0, 0.1) is 20.8 Å². The minimum Gasteiger partial charge on any atom is -0.490 e. The van der Waals surface area contributed by atoms with Crippen LogP contribution in [0.3, 0.4) is 0 Å². The molecule has 2 aromatic carbocycles. The number of benzene rings is 2. The molecule has 0 saturated carbocycles. The lowest BCUT2D eigenvalue weighted by atomic mass is 10.1. The summed E-state index contributed by atoms with van der Waals surface area (Å²) in [6, 6.07) is 13.6. The van der Waals surface area contributed by atoms with Crippen LogP contribution in [0.4, 0.5) is 0 Å². The molecule has 5 nitrogen and oxygen atoms in total. The van der Waals surface area contributed by atoms with Gasteiger partial charge < -0.3 is 14.6 Å². The Bertz CT molecular complexity index is 965. The predicted octanol–water partition coefficient (Wildman–Crippen LogP) is 4.89. The molecule has 1 aromatic heterocycles. The first-order valence-electron chi connectivity index (χ1n) is 8.58. The van der Waals surface area contributed by atoms with E-state index in [1.54, 1.807) is 6.92 Å². The molecule has 1 N–H and O–H groups in total. The van der Waals surface area contributed by atoms with Crippen molar-refractivity contribution in [2.45, 2.75) is 20.8 Å². The number of carboxylic acids is 1. The fourth-order valence-electron chi connectivity index (χ4n) is 2.71. The zero-order chi connectivity index (χ0) is 19.4. The maximum atomic E-state index is 11.2. The summed E-state index contributed by atoms with van der Waals surface area (Å²) >= 11 is 1.17. The molecule has 27 heavy (non-hydrogen) atoms. The molecule has 1 heterocycles. The highest BCUT2D eigenvalue weighted by Crippen LogP contribution is 2.30. The fourth-order valence-corrected chi connectivity index (χ4v) is 3.61. The van der Waals surface area contributed by atoms with Gasteiger partial charge in [-0.2, -0.15) is 0 Å². The zero-order valence-electron chi connectivity index (χ0n) is 15.5. The Morgan fingerprint density at radius 1 is 1.07 bits per heavy atom. The SMILES string of the molecule is Cc1ccc(OCCOc2cccc(-c3nc(C)c(C(=O)O)s3)c2)c(C)c1. The average Bonchev–Trinajstić information content (AvgIpc) is 3.02. The van der Waals surface area contributed by atoms with Gasteiger partial charge in [-0.25, -0.2) is 9.78 Å². The maximum absolute atomic E-state index is 11.2. The molecule has 3 aromatic rings. The van der Waals surface area contributed by atoms with Crippen molar-refractivity contribution in [2.75, 3.05) is 13.2 Å². The van der Waals surface area contributed by atoms with Crippen LogP contribution < -0.4 is 9.47 Å².